The molecule has 14 heavy (non-hydrogen) atoms. The molecule has 2 rings (SSSR count). The van der Waals surface area contributed by atoms with Crippen LogP contribution in [-0.4, -0.2) is 15.2 Å². The molecule has 0 aliphatic rings. The van der Waals surface area contributed by atoms with Gasteiger partial charge in [-0.15, -0.1) is 0 Å². The van der Waals surface area contributed by atoms with Crippen LogP contribution in [0.25, 0.3) is 11.3 Å². The number of hydrogen-bond acceptors (Lipinski definition) is 3. The van der Waals surface area contributed by atoms with Crippen LogP contribution in [0.5, 0.6) is 0 Å². The highest BCUT2D eigenvalue weighted by atomic mass is 15.1. The molecule has 0 saturated carbocycles. The maximum Gasteiger partial charge on any atom is 0.101 e. The van der Waals surface area contributed by atoms with E-state index < -0.39 is 0 Å². The van der Waals surface area contributed by atoms with Gasteiger partial charge in [0.05, 0.1) is 17.5 Å². The quantitative estimate of drug-likeness (QED) is 0.732. The highest BCUT2D eigenvalue weighted by molar-refractivity contribution is 5.60. The topological polar surface area (TPSA) is 65.4 Å². The first-order valence-corrected chi connectivity index (χ1v) is 4.18. The Hall–Kier alpha value is -2.15. The fourth-order valence-electron chi connectivity index (χ4n) is 1.23. The summed E-state index contributed by atoms with van der Waals surface area (Å²) in [5, 5.41) is 15.4. The third-order valence-corrected chi connectivity index (χ3v) is 2.00. The van der Waals surface area contributed by atoms with Gasteiger partial charge in [0.1, 0.15) is 6.07 Å². The Kier molecular flexibility index (Phi) is 1.99. The summed E-state index contributed by atoms with van der Waals surface area (Å²) in [5.74, 6) is 0. The molecule has 0 aliphatic heterocycles. The van der Waals surface area contributed by atoms with Crippen molar-refractivity contribution >= 4 is 0 Å². The molecule has 0 aromatic carbocycles. The molecule has 0 spiro atoms. The number of nitriles is 1. The SMILES string of the molecule is Cc1[nH]ncc1-c1ccc(C#N)cn1. The lowest BCUT2D eigenvalue weighted by atomic mass is 10.1. The van der Waals surface area contributed by atoms with Crippen molar-refractivity contribution in [3.63, 3.8) is 0 Å². The molecule has 68 valence electrons. The summed E-state index contributed by atoms with van der Waals surface area (Å²) in [6.45, 7) is 1.93. The molecule has 0 radical (unpaired) electrons. The molecule has 2 aromatic rings. The number of nitrogens with one attached hydrogen (secondary N) is 1. The zero-order valence-corrected chi connectivity index (χ0v) is 7.65. The average Bonchev–Trinajstić information content (AvgIpc) is 2.65. The summed E-state index contributed by atoms with van der Waals surface area (Å²) in [5.41, 5.74) is 3.34. The first-order valence-electron chi connectivity index (χ1n) is 4.18. The van der Waals surface area contributed by atoms with Gasteiger partial charge < -0.3 is 0 Å². The molecule has 4 nitrogen and oxygen atoms in total. The van der Waals surface area contributed by atoms with Gasteiger partial charge in [0.15, 0.2) is 0 Å². The van der Waals surface area contributed by atoms with Crippen LogP contribution in [0.15, 0.2) is 24.5 Å². The van der Waals surface area contributed by atoms with Crippen LogP contribution < -0.4 is 0 Å². The van der Waals surface area contributed by atoms with E-state index in [-0.39, 0.29) is 0 Å². The molecule has 0 bridgehead atoms. The Morgan fingerprint density at radius 3 is 2.71 bits per heavy atom. The highest BCUT2D eigenvalue weighted by Gasteiger charge is 2.04. The minimum absolute atomic E-state index is 0.565. The molecule has 1 N–H and O–H groups in total. The van der Waals surface area contributed by atoms with Crippen LogP contribution in [0.1, 0.15) is 11.3 Å². The van der Waals surface area contributed by atoms with Crippen molar-refractivity contribution in [1.82, 2.24) is 15.2 Å². The van der Waals surface area contributed by atoms with Crippen molar-refractivity contribution in [3.05, 3.63) is 35.8 Å². The number of hydrogen-bond donors (Lipinski definition) is 1. The largest absolute Gasteiger partial charge is 0.282 e. The van der Waals surface area contributed by atoms with Gasteiger partial charge in [-0.05, 0) is 19.1 Å². The molecule has 0 unspecified atom stereocenters. The fourth-order valence-corrected chi connectivity index (χ4v) is 1.23. The van der Waals surface area contributed by atoms with Crippen LogP contribution in [0.2, 0.25) is 0 Å². The van der Waals surface area contributed by atoms with Gasteiger partial charge in [-0.2, -0.15) is 10.4 Å². The van der Waals surface area contributed by atoms with Crippen molar-refractivity contribution < 1.29 is 0 Å². The second-order valence-electron chi connectivity index (χ2n) is 2.95. The van der Waals surface area contributed by atoms with Crippen molar-refractivity contribution in [1.29, 1.82) is 5.26 Å². The molecule has 0 fully saturated rings. The number of pyridine rings is 1. The summed E-state index contributed by atoms with van der Waals surface area (Å²) in [7, 11) is 0. The Morgan fingerprint density at radius 1 is 1.36 bits per heavy atom. The van der Waals surface area contributed by atoms with Crippen LogP contribution in [0, 0.1) is 18.3 Å². The molecule has 0 amide bonds. The third-order valence-electron chi connectivity index (χ3n) is 2.00. The first-order chi connectivity index (χ1) is 6.81. The minimum Gasteiger partial charge on any atom is -0.282 e. The normalized spacial score (nSPS) is 9.71. The number of aromatic amines is 1. The van der Waals surface area contributed by atoms with E-state index >= 15 is 0 Å². The van der Waals surface area contributed by atoms with Crippen molar-refractivity contribution in [2.24, 2.45) is 0 Å². The minimum atomic E-state index is 0.565. The Bertz CT molecular complexity index is 476. The van der Waals surface area contributed by atoms with Crippen molar-refractivity contribution in [3.8, 4) is 17.3 Å². The molecule has 2 aromatic heterocycles. The smallest absolute Gasteiger partial charge is 0.101 e. The van der Waals surface area contributed by atoms with Gasteiger partial charge in [0.25, 0.3) is 0 Å². The van der Waals surface area contributed by atoms with Gasteiger partial charge in [-0.3, -0.25) is 10.1 Å². The second-order valence-corrected chi connectivity index (χ2v) is 2.95. The van der Waals surface area contributed by atoms with Crippen LogP contribution in [0.4, 0.5) is 0 Å². The van der Waals surface area contributed by atoms with Crippen LogP contribution in [0.3, 0.4) is 0 Å². The predicted molar refractivity (Wildman–Crippen MR) is 51.3 cm³/mol. The summed E-state index contributed by atoms with van der Waals surface area (Å²) < 4.78 is 0. The zero-order chi connectivity index (χ0) is 9.97. The van der Waals surface area contributed by atoms with Crippen LogP contribution >= 0.6 is 0 Å². The van der Waals surface area contributed by atoms with Crippen LogP contribution in [-0.2, 0) is 0 Å². The highest BCUT2D eigenvalue weighted by Crippen LogP contribution is 2.18. The first kappa shape index (κ1) is 8.45. The van der Waals surface area contributed by atoms with E-state index in [0.29, 0.717) is 5.56 Å². The number of aromatic nitrogens is 3. The Morgan fingerprint density at radius 2 is 2.21 bits per heavy atom. The van der Waals surface area contributed by atoms with Crippen molar-refractivity contribution in [2.75, 3.05) is 0 Å². The molecule has 0 saturated heterocycles. The molecular weight excluding hydrogens is 176 g/mol. The number of rotatable bonds is 1. The lowest BCUT2D eigenvalue weighted by Crippen LogP contribution is -1.84. The van der Waals surface area contributed by atoms with E-state index in [4.69, 9.17) is 5.26 Å². The lowest BCUT2D eigenvalue weighted by Gasteiger charge is -1.97. The van der Waals surface area contributed by atoms with Crippen molar-refractivity contribution in [2.45, 2.75) is 6.92 Å². The number of nitrogens with zero attached hydrogens (tertiary/aromatic N) is 3. The average molecular weight is 184 g/mol. The molecule has 4 heteroatoms. The Balaban J connectivity index is 2.45. The van der Waals surface area contributed by atoms with E-state index in [1.807, 2.05) is 19.1 Å². The lowest BCUT2D eigenvalue weighted by molar-refractivity contribution is 1.05. The number of aryl methyl sites for hydroxylation is 1. The standard InChI is InChI=1S/C10H8N4/c1-7-9(6-13-14-7)10-3-2-8(4-11)5-12-10/h2-3,5-6H,1H3,(H,13,14). The van der Waals surface area contributed by atoms with Gasteiger partial charge in [0.2, 0.25) is 0 Å². The molecule has 0 atom stereocenters. The van der Waals surface area contributed by atoms with E-state index in [1.54, 1.807) is 18.5 Å². The maximum atomic E-state index is 8.61. The molecule has 2 heterocycles. The molecule has 0 aliphatic carbocycles. The third kappa shape index (κ3) is 1.36. The number of H-pyrrole nitrogens is 1. The van der Waals surface area contributed by atoms with E-state index in [9.17, 15) is 0 Å². The van der Waals surface area contributed by atoms with Gasteiger partial charge >= 0.3 is 0 Å². The Labute approximate surface area is 81.2 Å². The fraction of sp³-hybridized carbons (Fsp3) is 0.100. The summed E-state index contributed by atoms with van der Waals surface area (Å²) >= 11 is 0. The van der Waals surface area contributed by atoms with E-state index in [0.717, 1.165) is 17.0 Å². The summed E-state index contributed by atoms with van der Waals surface area (Å²) in [6, 6.07) is 5.59. The predicted octanol–water partition coefficient (Wildman–Crippen LogP) is 1.65. The zero-order valence-electron chi connectivity index (χ0n) is 7.65. The van der Waals surface area contributed by atoms with Gasteiger partial charge in [-0.1, -0.05) is 0 Å². The maximum absolute atomic E-state index is 8.61. The monoisotopic (exact) mass is 184 g/mol. The molecular formula is C10H8N4. The second kappa shape index (κ2) is 3.30. The van der Waals surface area contributed by atoms with E-state index in [2.05, 4.69) is 15.2 Å². The van der Waals surface area contributed by atoms with Gasteiger partial charge in [0, 0.05) is 17.5 Å². The van der Waals surface area contributed by atoms with E-state index in [1.165, 1.54) is 0 Å². The summed E-state index contributed by atoms with van der Waals surface area (Å²) in [6.07, 6.45) is 3.28. The van der Waals surface area contributed by atoms with Gasteiger partial charge in [-0.25, -0.2) is 0 Å². The summed E-state index contributed by atoms with van der Waals surface area (Å²) in [4.78, 5) is 4.17.